The van der Waals surface area contributed by atoms with Gasteiger partial charge in [0.2, 0.25) is 0 Å². The van der Waals surface area contributed by atoms with Gasteiger partial charge in [-0.15, -0.1) is 12.4 Å². The smallest absolute Gasteiger partial charge is 0.168 e. The number of piperidine rings is 1. The molecule has 1 saturated heterocycles. The van der Waals surface area contributed by atoms with Crippen molar-refractivity contribution < 1.29 is 9.18 Å². The zero-order chi connectivity index (χ0) is 11.5. The lowest BCUT2D eigenvalue weighted by Crippen LogP contribution is -2.32. The second-order valence-electron chi connectivity index (χ2n) is 4.01. The summed E-state index contributed by atoms with van der Waals surface area (Å²) in [4.78, 5) is 12.0. The molecule has 1 aromatic rings. The molecule has 2 nitrogen and oxygen atoms in total. The van der Waals surface area contributed by atoms with Crippen molar-refractivity contribution in [1.29, 1.82) is 0 Å². The predicted octanol–water partition coefficient (Wildman–Crippen LogP) is 3.08. The summed E-state index contributed by atoms with van der Waals surface area (Å²) in [5.41, 5.74) is 0.163. The molecule has 1 aliphatic heterocycles. The summed E-state index contributed by atoms with van der Waals surface area (Å²) in [5.74, 6) is -0.677. The van der Waals surface area contributed by atoms with Gasteiger partial charge in [-0.2, -0.15) is 0 Å². The van der Waals surface area contributed by atoms with Crippen LogP contribution in [-0.2, 0) is 0 Å². The molecule has 5 heteroatoms. The minimum atomic E-state index is -0.518. The van der Waals surface area contributed by atoms with Crippen LogP contribution in [0.15, 0.2) is 18.2 Å². The molecule has 0 unspecified atom stereocenters. The number of hydrogen-bond donors (Lipinski definition) is 1. The zero-order valence-electron chi connectivity index (χ0n) is 9.21. The number of benzene rings is 1. The van der Waals surface area contributed by atoms with Gasteiger partial charge in [-0.05, 0) is 44.1 Å². The van der Waals surface area contributed by atoms with Crippen LogP contribution in [0.25, 0.3) is 0 Å². The lowest BCUT2D eigenvalue weighted by molar-refractivity contribution is 0.0891. The monoisotopic (exact) mass is 277 g/mol. The van der Waals surface area contributed by atoms with Gasteiger partial charge in [0.15, 0.2) is 5.78 Å². The van der Waals surface area contributed by atoms with Gasteiger partial charge in [-0.25, -0.2) is 4.39 Å². The first kappa shape index (κ1) is 14.4. The minimum Gasteiger partial charge on any atom is -0.317 e. The minimum absolute atomic E-state index is 0. The number of ketones is 1. The maximum Gasteiger partial charge on any atom is 0.168 e. The summed E-state index contributed by atoms with van der Waals surface area (Å²) < 4.78 is 13.5. The van der Waals surface area contributed by atoms with Crippen LogP contribution in [0.2, 0.25) is 5.02 Å². The third-order valence-corrected chi connectivity index (χ3v) is 3.14. The first-order valence-corrected chi connectivity index (χ1v) is 5.76. The molecule has 2 rings (SSSR count). The molecule has 17 heavy (non-hydrogen) atoms. The number of halogens is 3. The predicted molar refractivity (Wildman–Crippen MR) is 68.6 cm³/mol. The summed E-state index contributed by atoms with van der Waals surface area (Å²) >= 11 is 5.65. The number of hydrogen-bond acceptors (Lipinski definition) is 2. The second-order valence-corrected chi connectivity index (χ2v) is 4.45. The van der Waals surface area contributed by atoms with Gasteiger partial charge < -0.3 is 5.32 Å². The Bertz CT molecular complexity index is 405. The van der Waals surface area contributed by atoms with Gasteiger partial charge in [0.25, 0.3) is 0 Å². The number of carbonyl (C=O) groups is 1. The Morgan fingerprint density at radius 2 is 2.00 bits per heavy atom. The highest BCUT2D eigenvalue weighted by Crippen LogP contribution is 2.22. The fraction of sp³-hybridized carbons (Fsp3) is 0.417. The average molecular weight is 278 g/mol. The lowest BCUT2D eigenvalue weighted by Gasteiger charge is -2.21. The van der Waals surface area contributed by atoms with Gasteiger partial charge >= 0.3 is 0 Å². The quantitative estimate of drug-likeness (QED) is 0.842. The average Bonchev–Trinajstić information content (AvgIpc) is 2.29. The summed E-state index contributed by atoms with van der Waals surface area (Å²) in [5, 5.41) is 3.50. The molecule has 94 valence electrons. The highest BCUT2D eigenvalue weighted by atomic mass is 35.5. The van der Waals surface area contributed by atoms with Crippen LogP contribution in [0, 0.1) is 11.7 Å². The molecule has 0 aliphatic carbocycles. The van der Waals surface area contributed by atoms with Crippen molar-refractivity contribution in [1.82, 2.24) is 5.32 Å². The van der Waals surface area contributed by atoms with Gasteiger partial charge in [0.05, 0.1) is 5.56 Å². The van der Waals surface area contributed by atoms with Gasteiger partial charge in [0, 0.05) is 10.9 Å². The van der Waals surface area contributed by atoms with E-state index < -0.39 is 5.82 Å². The molecule has 0 saturated carbocycles. The highest BCUT2D eigenvalue weighted by Gasteiger charge is 2.24. The van der Waals surface area contributed by atoms with Crippen LogP contribution in [0.5, 0.6) is 0 Å². The van der Waals surface area contributed by atoms with Crippen LogP contribution in [-0.4, -0.2) is 18.9 Å². The molecule has 1 heterocycles. The molecular formula is C12H14Cl2FNO. The number of Topliss-reactive ketones (excluding diaryl/α,β-unsaturated/α-hetero) is 1. The van der Waals surface area contributed by atoms with Gasteiger partial charge in [0.1, 0.15) is 5.82 Å². The summed E-state index contributed by atoms with van der Waals surface area (Å²) in [6, 6.07) is 4.22. The topological polar surface area (TPSA) is 29.1 Å². The van der Waals surface area contributed by atoms with Crippen LogP contribution < -0.4 is 5.32 Å². The summed E-state index contributed by atoms with van der Waals surface area (Å²) in [6.45, 7) is 1.65. The molecule has 0 spiro atoms. The normalized spacial score (nSPS) is 16.4. The van der Waals surface area contributed by atoms with Crippen LogP contribution in [0.3, 0.4) is 0 Å². The number of carbonyl (C=O) groups excluding carboxylic acids is 1. The Hall–Kier alpha value is -0.640. The largest absolute Gasteiger partial charge is 0.317 e. The SMILES string of the molecule is Cl.O=C(c1ccc(Cl)cc1F)C1CCNCC1. The maximum absolute atomic E-state index is 13.5. The van der Waals surface area contributed by atoms with Crippen LogP contribution in [0.1, 0.15) is 23.2 Å². The van der Waals surface area contributed by atoms with Gasteiger partial charge in [-0.1, -0.05) is 11.6 Å². The van der Waals surface area contributed by atoms with Crippen molar-refractivity contribution in [3.05, 3.63) is 34.6 Å². The Labute approximate surface area is 111 Å². The van der Waals surface area contributed by atoms with E-state index in [1.807, 2.05) is 0 Å². The molecular weight excluding hydrogens is 264 g/mol. The van der Waals surface area contributed by atoms with Crippen molar-refractivity contribution in [3.8, 4) is 0 Å². The molecule has 1 N–H and O–H groups in total. The van der Waals surface area contributed by atoms with Gasteiger partial charge in [-0.3, -0.25) is 4.79 Å². The Morgan fingerprint density at radius 3 is 2.59 bits per heavy atom. The van der Waals surface area contributed by atoms with Crippen molar-refractivity contribution in [2.24, 2.45) is 5.92 Å². The van der Waals surface area contributed by atoms with Crippen LogP contribution >= 0.6 is 24.0 Å². The first-order chi connectivity index (χ1) is 7.68. The van der Waals surface area contributed by atoms with Crippen molar-refractivity contribution in [3.63, 3.8) is 0 Å². The van der Waals surface area contributed by atoms with E-state index in [1.165, 1.54) is 12.1 Å². The fourth-order valence-electron chi connectivity index (χ4n) is 1.99. The highest BCUT2D eigenvalue weighted by molar-refractivity contribution is 6.30. The van der Waals surface area contributed by atoms with E-state index in [-0.39, 0.29) is 29.7 Å². The van der Waals surface area contributed by atoms with E-state index in [9.17, 15) is 9.18 Å². The summed E-state index contributed by atoms with van der Waals surface area (Å²) in [6.07, 6.45) is 1.56. The Balaban J connectivity index is 0.00000144. The van der Waals surface area contributed by atoms with E-state index in [0.29, 0.717) is 5.02 Å². The Kier molecular flexibility index (Phi) is 5.37. The molecule has 0 aromatic heterocycles. The van der Waals surface area contributed by atoms with E-state index in [2.05, 4.69) is 5.32 Å². The second kappa shape index (κ2) is 6.34. The number of nitrogens with one attached hydrogen (secondary N) is 1. The van der Waals surface area contributed by atoms with Crippen molar-refractivity contribution in [2.45, 2.75) is 12.8 Å². The maximum atomic E-state index is 13.5. The van der Waals surface area contributed by atoms with Crippen molar-refractivity contribution in [2.75, 3.05) is 13.1 Å². The van der Waals surface area contributed by atoms with Crippen molar-refractivity contribution >= 4 is 29.8 Å². The lowest BCUT2D eigenvalue weighted by atomic mass is 9.89. The Morgan fingerprint density at radius 1 is 1.35 bits per heavy atom. The molecule has 1 fully saturated rings. The van der Waals surface area contributed by atoms with Crippen LogP contribution in [0.4, 0.5) is 4.39 Å². The van der Waals surface area contributed by atoms with E-state index in [1.54, 1.807) is 6.07 Å². The third-order valence-electron chi connectivity index (χ3n) is 2.91. The standard InChI is InChI=1S/C12H13ClFNO.ClH/c13-9-1-2-10(11(14)7-9)12(16)8-3-5-15-6-4-8;/h1-2,7-8,15H,3-6H2;1H. The molecule has 1 aromatic carbocycles. The van der Waals surface area contributed by atoms with E-state index in [4.69, 9.17) is 11.6 Å². The third kappa shape index (κ3) is 3.41. The first-order valence-electron chi connectivity index (χ1n) is 5.38. The number of rotatable bonds is 2. The zero-order valence-corrected chi connectivity index (χ0v) is 10.8. The molecule has 0 amide bonds. The molecule has 0 atom stereocenters. The fourth-order valence-corrected chi connectivity index (χ4v) is 2.15. The van der Waals surface area contributed by atoms with E-state index >= 15 is 0 Å². The van der Waals surface area contributed by atoms with E-state index in [0.717, 1.165) is 25.9 Å². The molecule has 1 aliphatic rings. The molecule has 0 radical (unpaired) electrons. The summed E-state index contributed by atoms with van der Waals surface area (Å²) in [7, 11) is 0. The molecule has 0 bridgehead atoms.